The number of aromatic nitrogens is 3. The van der Waals surface area contributed by atoms with E-state index in [2.05, 4.69) is 10.1 Å². The predicted molar refractivity (Wildman–Crippen MR) is 57.4 cm³/mol. The Morgan fingerprint density at radius 1 is 1.38 bits per heavy atom. The lowest BCUT2D eigenvalue weighted by molar-refractivity contribution is -0.384. The molecule has 0 aliphatic rings. The van der Waals surface area contributed by atoms with E-state index in [9.17, 15) is 10.1 Å². The van der Waals surface area contributed by atoms with Crippen LogP contribution in [0.4, 0.5) is 5.69 Å². The maximum atomic E-state index is 10.5. The first kappa shape index (κ1) is 10.3. The molecule has 0 radical (unpaired) electrons. The summed E-state index contributed by atoms with van der Waals surface area (Å²) in [5.74, 6) is 0.828. The molecule has 6 heteroatoms. The van der Waals surface area contributed by atoms with E-state index in [1.807, 2.05) is 6.92 Å². The van der Waals surface area contributed by atoms with Crippen LogP contribution in [-0.2, 0) is 6.42 Å². The number of hydrogen-bond acceptors (Lipinski definition) is 4. The van der Waals surface area contributed by atoms with E-state index in [4.69, 9.17) is 0 Å². The van der Waals surface area contributed by atoms with Gasteiger partial charge in [0, 0.05) is 18.6 Å². The Bertz CT molecular complexity index is 504. The zero-order chi connectivity index (χ0) is 11.5. The summed E-state index contributed by atoms with van der Waals surface area (Å²) in [6.07, 6.45) is 2.23. The highest BCUT2D eigenvalue weighted by atomic mass is 16.6. The lowest BCUT2D eigenvalue weighted by atomic mass is 10.3. The van der Waals surface area contributed by atoms with Gasteiger partial charge in [-0.15, -0.1) is 0 Å². The van der Waals surface area contributed by atoms with Crippen LogP contribution in [0.2, 0.25) is 0 Å². The average Bonchev–Trinajstić information content (AvgIpc) is 2.77. The van der Waals surface area contributed by atoms with Gasteiger partial charge in [-0.3, -0.25) is 10.1 Å². The Hall–Kier alpha value is -2.24. The molecule has 82 valence electrons. The van der Waals surface area contributed by atoms with Gasteiger partial charge in [-0.05, 0) is 12.1 Å². The van der Waals surface area contributed by atoms with Crippen molar-refractivity contribution in [3.63, 3.8) is 0 Å². The summed E-state index contributed by atoms with van der Waals surface area (Å²) < 4.78 is 1.67. The van der Waals surface area contributed by atoms with Crippen molar-refractivity contribution in [2.24, 2.45) is 0 Å². The number of non-ortho nitro benzene ring substituents is 1. The maximum absolute atomic E-state index is 10.5. The standard InChI is InChI=1S/C10H10N4O2/c1-2-10-11-7-12-13(10)8-3-5-9(6-4-8)14(15)16/h3-7H,2H2,1H3. The highest BCUT2D eigenvalue weighted by molar-refractivity contribution is 5.40. The summed E-state index contributed by atoms with van der Waals surface area (Å²) in [5.41, 5.74) is 0.849. The minimum absolute atomic E-state index is 0.0712. The van der Waals surface area contributed by atoms with E-state index in [-0.39, 0.29) is 5.69 Å². The van der Waals surface area contributed by atoms with Gasteiger partial charge < -0.3 is 0 Å². The summed E-state index contributed by atoms with van der Waals surface area (Å²) in [5, 5.41) is 14.6. The van der Waals surface area contributed by atoms with Crippen molar-refractivity contribution in [1.29, 1.82) is 0 Å². The molecular formula is C10H10N4O2. The second-order valence-corrected chi connectivity index (χ2v) is 3.22. The quantitative estimate of drug-likeness (QED) is 0.581. The Kier molecular flexibility index (Phi) is 2.63. The molecule has 0 fully saturated rings. The first-order valence-electron chi connectivity index (χ1n) is 4.86. The van der Waals surface area contributed by atoms with Crippen molar-refractivity contribution < 1.29 is 4.92 Å². The van der Waals surface area contributed by atoms with Gasteiger partial charge in [0.05, 0.1) is 10.6 Å². The molecule has 0 unspecified atom stereocenters. The molecule has 2 aromatic rings. The summed E-state index contributed by atoms with van der Waals surface area (Å²) in [7, 11) is 0. The molecule has 1 aromatic heterocycles. The molecule has 16 heavy (non-hydrogen) atoms. The lowest BCUT2D eigenvalue weighted by Gasteiger charge is -2.03. The molecule has 0 amide bonds. The van der Waals surface area contributed by atoms with E-state index in [0.29, 0.717) is 0 Å². The third-order valence-electron chi connectivity index (χ3n) is 2.24. The molecular weight excluding hydrogens is 208 g/mol. The SMILES string of the molecule is CCc1ncnn1-c1ccc([N+](=O)[O-])cc1. The van der Waals surface area contributed by atoms with Crippen LogP contribution in [0.5, 0.6) is 0 Å². The zero-order valence-corrected chi connectivity index (χ0v) is 8.70. The number of nitro benzene ring substituents is 1. The highest BCUT2D eigenvalue weighted by Gasteiger charge is 2.07. The Morgan fingerprint density at radius 2 is 2.06 bits per heavy atom. The molecule has 0 saturated heterocycles. The maximum Gasteiger partial charge on any atom is 0.269 e. The van der Waals surface area contributed by atoms with Crippen LogP contribution in [0.15, 0.2) is 30.6 Å². The van der Waals surface area contributed by atoms with Gasteiger partial charge in [-0.25, -0.2) is 9.67 Å². The van der Waals surface area contributed by atoms with E-state index < -0.39 is 4.92 Å². The fourth-order valence-electron chi connectivity index (χ4n) is 1.44. The summed E-state index contributed by atoms with van der Waals surface area (Å²) >= 11 is 0. The largest absolute Gasteiger partial charge is 0.269 e. The van der Waals surface area contributed by atoms with Crippen molar-refractivity contribution in [2.45, 2.75) is 13.3 Å². The second-order valence-electron chi connectivity index (χ2n) is 3.22. The number of hydrogen-bond donors (Lipinski definition) is 0. The van der Waals surface area contributed by atoms with Gasteiger partial charge in [0.25, 0.3) is 5.69 Å². The van der Waals surface area contributed by atoms with E-state index in [0.717, 1.165) is 17.9 Å². The lowest BCUT2D eigenvalue weighted by Crippen LogP contribution is -2.01. The average molecular weight is 218 g/mol. The van der Waals surface area contributed by atoms with Gasteiger partial charge in [-0.1, -0.05) is 6.92 Å². The Labute approximate surface area is 91.7 Å². The fraction of sp³-hybridized carbons (Fsp3) is 0.200. The molecule has 0 aliphatic heterocycles. The molecule has 0 spiro atoms. The van der Waals surface area contributed by atoms with E-state index in [1.165, 1.54) is 18.5 Å². The van der Waals surface area contributed by atoms with Gasteiger partial charge in [-0.2, -0.15) is 5.10 Å². The van der Waals surface area contributed by atoms with Crippen molar-refractivity contribution in [2.75, 3.05) is 0 Å². The normalized spacial score (nSPS) is 10.3. The van der Waals surface area contributed by atoms with E-state index >= 15 is 0 Å². The zero-order valence-electron chi connectivity index (χ0n) is 8.70. The van der Waals surface area contributed by atoms with Crippen LogP contribution in [0.1, 0.15) is 12.7 Å². The molecule has 2 rings (SSSR count). The molecule has 0 atom stereocenters. The van der Waals surface area contributed by atoms with Crippen molar-refractivity contribution in [1.82, 2.24) is 14.8 Å². The van der Waals surface area contributed by atoms with Crippen LogP contribution in [0.25, 0.3) is 5.69 Å². The van der Waals surface area contributed by atoms with Gasteiger partial charge in [0.1, 0.15) is 12.2 Å². The number of nitrogens with zero attached hydrogens (tertiary/aromatic N) is 4. The minimum Gasteiger partial charge on any atom is -0.258 e. The summed E-state index contributed by atoms with van der Waals surface area (Å²) in [4.78, 5) is 14.2. The van der Waals surface area contributed by atoms with E-state index in [1.54, 1.807) is 16.8 Å². The molecule has 6 nitrogen and oxygen atoms in total. The third kappa shape index (κ3) is 1.77. The molecule has 0 aliphatic carbocycles. The van der Waals surface area contributed by atoms with Crippen LogP contribution >= 0.6 is 0 Å². The van der Waals surface area contributed by atoms with Crippen LogP contribution < -0.4 is 0 Å². The number of benzene rings is 1. The number of nitro groups is 1. The molecule has 1 aromatic carbocycles. The van der Waals surface area contributed by atoms with Crippen LogP contribution in [-0.4, -0.2) is 19.7 Å². The monoisotopic (exact) mass is 218 g/mol. The van der Waals surface area contributed by atoms with Crippen LogP contribution in [0, 0.1) is 10.1 Å². The van der Waals surface area contributed by atoms with Gasteiger partial charge in [0.15, 0.2) is 0 Å². The first-order chi connectivity index (χ1) is 7.72. The van der Waals surface area contributed by atoms with Crippen molar-refractivity contribution in [3.05, 3.63) is 46.5 Å². The minimum atomic E-state index is -0.425. The number of aryl methyl sites for hydroxylation is 1. The third-order valence-corrected chi connectivity index (χ3v) is 2.24. The fourth-order valence-corrected chi connectivity index (χ4v) is 1.44. The number of rotatable bonds is 3. The second kappa shape index (κ2) is 4.09. The molecule has 0 bridgehead atoms. The Balaban J connectivity index is 2.38. The first-order valence-corrected chi connectivity index (χ1v) is 4.86. The smallest absolute Gasteiger partial charge is 0.258 e. The summed E-state index contributed by atoms with van der Waals surface area (Å²) in [6, 6.07) is 6.23. The van der Waals surface area contributed by atoms with Crippen molar-refractivity contribution in [3.8, 4) is 5.69 Å². The molecule has 0 N–H and O–H groups in total. The molecule has 0 saturated carbocycles. The summed E-state index contributed by atoms with van der Waals surface area (Å²) in [6.45, 7) is 1.98. The van der Waals surface area contributed by atoms with Gasteiger partial charge in [0.2, 0.25) is 0 Å². The topological polar surface area (TPSA) is 73.8 Å². The Morgan fingerprint density at radius 3 is 2.62 bits per heavy atom. The van der Waals surface area contributed by atoms with Crippen molar-refractivity contribution >= 4 is 5.69 Å². The predicted octanol–water partition coefficient (Wildman–Crippen LogP) is 1.74. The van der Waals surface area contributed by atoms with Gasteiger partial charge >= 0.3 is 0 Å². The van der Waals surface area contributed by atoms with Crippen LogP contribution in [0.3, 0.4) is 0 Å². The molecule has 1 heterocycles. The highest BCUT2D eigenvalue weighted by Crippen LogP contribution is 2.15.